The minimum atomic E-state index is -1.10. The number of Topliss-reactive ketones (excluding diaryl/α,β-unsaturated/α-hetero) is 1. The van der Waals surface area contributed by atoms with Gasteiger partial charge in [-0.25, -0.2) is 4.79 Å². The van der Waals surface area contributed by atoms with Crippen LogP contribution >= 0.6 is 0 Å². The summed E-state index contributed by atoms with van der Waals surface area (Å²) in [6, 6.07) is 22.4. The fraction of sp³-hybridized carbons (Fsp3) is 0.382. The van der Waals surface area contributed by atoms with Gasteiger partial charge in [0.05, 0.1) is 17.4 Å². The van der Waals surface area contributed by atoms with Gasteiger partial charge >= 0.3 is 5.97 Å². The summed E-state index contributed by atoms with van der Waals surface area (Å²) >= 11 is 0. The van der Waals surface area contributed by atoms with E-state index >= 15 is 0 Å². The van der Waals surface area contributed by atoms with Crippen molar-refractivity contribution in [3.63, 3.8) is 0 Å². The van der Waals surface area contributed by atoms with Crippen molar-refractivity contribution >= 4 is 23.3 Å². The molecule has 0 saturated carbocycles. The monoisotopic (exact) mass is 569 g/mol. The molecule has 8 heteroatoms. The number of rotatable bonds is 9. The van der Waals surface area contributed by atoms with Crippen LogP contribution in [0, 0.1) is 5.92 Å². The second kappa shape index (κ2) is 13.2. The maximum Gasteiger partial charge on any atom is 0.336 e. The fourth-order valence-corrected chi connectivity index (χ4v) is 5.91. The van der Waals surface area contributed by atoms with Crippen molar-refractivity contribution < 1.29 is 24.2 Å². The molecule has 0 aromatic heterocycles. The van der Waals surface area contributed by atoms with Crippen molar-refractivity contribution in [2.45, 2.75) is 39.3 Å². The fourth-order valence-electron chi connectivity index (χ4n) is 5.91. The second-order valence-corrected chi connectivity index (χ2v) is 11.4. The molecule has 3 aromatic rings. The number of amides is 1. The van der Waals surface area contributed by atoms with E-state index in [1.165, 1.54) is 6.07 Å². The predicted molar refractivity (Wildman–Crippen MR) is 162 cm³/mol. The maximum atomic E-state index is 13.4. The number of carboxylic acid groups (broad SMARTS) is 1. The second-order valence-electron chi connectivity index (χ2n) is 11.4. The molecule has 5 rings (SSSR count). The van der Waals surface area contributed by atoms with Crippen LogP contribution in [0.4, 0.5) is 5.69 Å². The first-order chi connectivity index (χ1) is 20.3. The number of para-hydroxylation sites is 2. The van der Waals surface area contributed by atoms with E-state index in [1.807, 2.05) is 44.2 Å². The van der Waals surface area contributed by atoms with Gasteiger partial charge in [0.2, 0.25) is 0 Å². The number of hydrogen-bond acceptors (Lipinski definition) is 6. The van der Waals surface area contributed by atoms with Gasteiger partial charge in [-0.15, -0.1) is 0 Å². The number of ether oxygens (including phenoxy) is 1. The van der Waals surface area contributed by atoms with E-state index in [0.29, 0.717) is 31.5 Å². The van der Waals surface area contributed by atoms with Gasteiger partial charge in [0.15, 0.2) is 5.78 Å². The quantitative estimate of drug-likeness (QED) is 0.353. The van der Waals surface area contributed by atoms with Crippen LogP contribution in [0.2, 0.25) is 0 Å². The van der Waals surface area contributed by atoms with Crippen LogP contribution < -0.4 is 9.64 Å². The highest BCUT2D eigenvalue weighted by molar-refractivity contribution is 6.07. The lowest BCUT2D eigenvalue weighted by Crippen LogP contribution is -2.46. The van der Waals surface area contributed by atoms with E-state index in [0.717, 1.165) is 49.7 Å². The van der Waals surface area contributed by atoms with Crippen molar-refractivity contribution in [3.8, 4) is 5.75 Å². The summed E-state index contributed by atoms with van der Waals surface area (Å²) in [5, 5.41) is 9.46. The van der Waals surface area contributed by atoms with Crippen molar-refractivity contribution in [1.82, 2.24) is 9.80 Å². The van der Waals surface area contributed by atoms with E-state index in [2.05, 4.69) is 28.0 Å². The highest BCUT2D eigenvalue weighted by Gasteiger charge is 2.30. The minimum Gasteiger partial charge on any atom is -0.489 e. The highest BCUT2D eigenvalue weighted by atomic mass is 16.5. The molecule has 1 N–H and O–H groups in total. The summed E-state index contributed by atoms with van der Waals surface area (Å²) in [6.07, 6.45) is 1.17. The summed E-state index contributed by atoms with van der Waals surface area (Å²) in [5.74, 6) is -0.651. The number of aromatic carboxylic acids is 1. The topological polar surface area (TPSA) is 90.4 Å². The Kier molecular flexibility index (Phi) is 9.22. The number of carbonyl (C=O) groups is 3. The number of carbonyl (C=O) groups excluding carboxylic acids is 2. The molecule has 2 heterocycles. The lowest BCUT2D eigenvalue weighted by Gasteiger charge is -2.37. The van der Waals surface area contributed by atoms with Crippen LogP contribution in [0.5, 0.6) is 5.75 Å². The van der Waals surface area contributed by atoms with Crippen LogP contribution in [-0.2, 0) is 6.54 Å². The lowest BCUT2D eigenvalue weighted by molar-refractivity contribution is 0.0647. The molecule has 2 fully saturated rings. The Morgan fingerprint density at radius 1 is 0.833 bits per heavy atom. The zero-order chi connectivity index (χ0) is 29.6. The molecule has 0 radical (unpaired) electrons. The molecular weight excluding hydrogens is 530 g/mol. The van der Waals surface area contributed by atoms with Gasteiger partial charge in [0.25, 0.3) is 5.91 Å². The Balaban J connectivity index is 1.15. The Bertz CT molecular complexity index is 1420. The average Bonchev–Trinajstić information content (AvgIpc) is 3.01. The molecule has 2 saturated heterocycles. The van der Waals surface area contributed by atoms with E-state index in [9.17, 15) is 19.5 Å². The largest absolute Gasteiger partial charge is 0.489 e. The van der Waals surface area contributed by atoms with Crippen LogP contribution in [0.3, 0.4) is 0 Å². The van der Waals surface area contributed by atoms with Crippen molar-refractivity contribution in [1.29, 1.82) is 0 Å². The molecular formula is C34H39N3O5. The number of carboxylic acids is 1. The molecule has 0 unspecified atom stereocenters. The lowest BCUT2D eigenvalue weighted by atomic mass is 9.87. The van der Waals surface area contributed by atoms with Gasteiger partial charge in [-0.3, -0.25) is 14.5 Å². The molecule has 0 atom stereocenters. The molecule has 42 heavy (non-hydrogen) atoms. The van der Waals surface area contributed by atoms with E-state index in [-0.39, 0.29) is 34.8 Å². The third-order valence-electron chi connectivity index (χ3n) is 8.10. The molecule has 3 aromatic carbocycles. The molecule has 1 amide bonds. The van der Waals surface area contributed by atoms with Gasteiger partial charge in [-0.05, 0) is 62.6 Å². The normalized spacial score (nSPS) is 16.5. The SMILES string of the molecule is CC(C)Oc1ccccc1N1CCN(Cc2cccc(C(=O)N3CCC(C(=O)c4ccccc4C(=O)O)CC3)c2)CC1. The number of anilines is 1. The standard InChI is InChI=1S/C34H39N3O5/c1-24(2)42-31-13-6-5-12-30(31)36-20-18-35(19-21-36)23-25-8-7-9-27(22-25)33(39)37-16-14-26(15-17-37)32(38)28-10-3-4-11-29(28)34(40)41/h3-13,22,24,26H,14-21,23H2,1-2H3,(H,40,41). The minimum absolute atomic E-state index is 0.0275. The molecule has 220 valence electrons. The summed E-state index contributed by atoms with van der Waals surface area (Å²) < 4.78 is 6.03. The molecule has 2 aliphatic rings. The zero-order valence-electron chi connectivity index (χ0n) is 24.4. The number of piperidine rings is 1. The highest BCUT2D eigenvalue weighted by Crippen LogP contribution is 2.30. The summed E-state index contributed by atoms with van der Waals surface area (Å²) in [6.45, 7) is 9.45. The Morgan fingerprint density at radius 2 is 1.50 bits per heavy atom. The maximum absolute atomic E-state index is 13.4. The molecule has 0 spiro atoms. The van der Waals surface area contributed by atoms with Gasteiger partial charge in [-0.1, -0.05) is 42.5 Å². The summed E-state index contributed by atoms with van der Waals surface area (Å²) in [5.41, 5.74) is 3.18. The summed E-state index contributed by atoms with van der Waals surface area (Å²) in [4.78, 5) is 44.6. The van der Waals surface area contributed by atoms with Crippen molar-refractivity contribution in [2.24, 2.45) is 5.92 Å². The summed E-state index contributed by atoms with van der Waals surface area (Å²) in [7, 11) is 0. The molecule has 0 bridgehead atoms. The molecule has 0 aliphatic carbocycles. The molecule has 8 nitrogen and oxygen atoms in total. The van der Waals surface area contributed by atoms with Crippen LogP contribution in [-0.4, -0.2) is 77.9 Å². The number of likely N-dealkylation sites (tertiary alicyclic amines) is 1. The third-order valence-corrected chi connectivity index (χ3v) is 8.10. The van der Waals surface area contributed by atoms with E-state index in [1.54, 1.807) is 23.1 Å². The zero-order valence-corrected chi connectivity index (χ0v) is 24.4. The van der Waals surface area contributed by atoms with E-state index < -0.39 is 5.97 Å². The Labute approximate surface area is 247 Å². The van der Waals surface area contributed by atoms with Crippen molar-refractivity contribution in [2.75, 3.05) is 44.2 Å². The van der Waals surface area contributed by atoms with Crippen LogP contribution in [0.1, 0.15) is 63.3 Å². The first-order valence-electron chi connectivity index (χ1n) is 14.8. The van der Waals surface area contributed by atoms with Gasteiger partial charge in [0, 0.05) is 62.9 Å². The number of piperazine rings is 1. The van der Waals surface area contributed by atoms with Crippen LogP contribution in [0.15, 0.2) is 72.8 Å². The van der Waals surface area contributed by atoms with E-state index in [4.69, 9.17) is 4.74 Å². The smallest absolute Gasteiger partial charge is 0.336 e. The number of ketones is 1. The van der Waals surface area contributed by atoms with Gasteiger partial charge < -0.3 is 19.6 Å². The van der Waals surface area contributed by atoms with Crippen molar-refractivity contribution in [3.05, 3.63) is 95.1 Å². The van der Waals surface area contributed by atoms with Crippen LogP contribution in [0.25, 0.3) is 0 Å². The van der Waals surface area contributed by atoms with Gasteiger partial charge in [-0.2, -0.15) is 0 Å². The molecule has 2 aliphatic heterocycles. The first kappa shape index (κ1) is 29.3. The average molecular weight is 570 g/mol. The Morgan fingerprint density at radius 3 is 2.19 bits per heavy atom. The number of benzene rings is 3. The first-order valence-corrected chi connectivity index (χ1v) is 14.8. The number of hydrogen-bond donors (Lipinski definition) is 1. The Hall–Kier alpha value is -4.17. The predicted octanol–water partition coefficient (Wildman–Crippen LogP) is 5.23. The van der Waals surface area contributed by atoms with Gasteiger partial charge in [0.1, 0.15) is 5.75 Å². The number of nitrogens with zero attached hydrogens (tertiary/aromatic N) is 3. The third kappa shape index (κ3) is 6.82.